The van der Waals surface area contributed by atoms with Gasteiger partial charge in [0.2, 0.25) is 0 Å². The number of alkyl carbamates (subject to hydrolysis) is 1. The Morgan fingerprint density at radius 2 is 1.78 bits per heavy atom. The molecule has 2 aromatic carbocycles. The van der Waals surface area contributed by atoms with Gasteiger partial charge < -0.3 is 14.8 Å². The maximum Gasteiger partial charge on any atom is 0.407 e. The molecule has 1 N–H and O–H groups in total. The molecule has 0 bridgehead atoms. The van der Waals surface area contributed by atoms with Crippen molar-refractivity contribution in [2.45, 2.75) is 38.8 Å². The second-order valence-electron chi connectivity index (χ2n) is 6.79. The molecule has 0 radical (unpaired) electrons. The molecule has 0 aliphatic rings. The number of carbonyl (C=O) groups is 1. The van der Waals surface area contributed by atoms with E-state index in [1.807, 2.05) is 54.6 Å². The van der Waals surface area contributed by atoms with Crippen molar-refractivity contribution in [1.29, 1.82) is 5.26 Å². The van der Waals surface area contributed by atoms with Gasteiger partial charge in [0.05, 0.1) is 25.1 Å². The maximum absolute atomic E-state index is 12.3. The van der Waals surface area contributed by atoms with E-state index in [2.05, 4.69) is 25.2 Å². The number of methoxy groups -OCH3 is 1. The molecule has 0 spiro atoms. The molecule has 0 saturated carbocycles. The molecule has 0 aliphatic heterocycles. The van der Waals surface area contributed by atoms with Gasteiger partial charge in [-0.1, -0.05) is 62.4 Å². The number of carbonyl (C=O) groups excluding carboxylic acids is 1. The number of nitrogens with zero attached hydrogens (tertiary/aromatic N) is 1. The van der Waals surface area contributed by atoms with E-state index in [0.29, 0.717) is 18.1 Å². The summed E-state index contributed by atoms with van der Waals surface area (Å²) in [4.78, 5) is 12.3. The van der Waals surface area contributed by atoms with Crippen LogP contribution in [0.2, 0.25) is 0 Å². The number of benzene rings is 2. The molecule has 2 atom stereocenters. The lowest BCUT2D eigenvalue weighted by Crippen LogP contribution is -2.40. The summed E-state index contributed by atoms with van der Waals surface area (Å²) in [5, 5.41) is 12.7. The van der Waals surface area contributed by atoms with Gasteiger partial charge in [-0.2, -0.15) is 5.26 Å². The highest BCUT2D eigenvalue weighted by atomic mass is 16.5. The first-order valence-electron chi connectivity index (χ1n) is 9.05. The molecule has 0 heterocycles. The molecule has 0 unspecified atom stereocenters. The van der Waals surface area contributed by atoms with Crippen LogP contribution in [0.25, 0.3) is 0 Å². The number of para-hydroxylation sites is 1. The van der Waals surface area contributed by atoms with Gasteiger partial charge in [0.1, 0.15) is 12.4 Å². The van der Waals surface area contributed by atoms with E-state index in [9.17, 15) is 10.1 Å². The van der Waals surface area contributed by atoms with Crippen molar-refractivity contribution < 1.29 is 14.3 Å². The zero-order valence-corrected chi connectivity index (χ0v) is 16.0. The highest BCUT2D eigenvalue weighted by Crippen LogP contribution is 2.31. The smallest absolute Gasteiger partial charge is 0.407 e. The SMILES string of the molecule is COc1ccccc1[C@H](C#N)[C@@H](CC(C)C)NC(=O)OCc1ccccc1. The van der Waals surface area contributed by atoms with Crippen LogP contribution in [0.15, 0.2) is 54.6 Å². The number of amides is 1. The summed E-state index contributed by atoms with van der Waals surface area (Å²) < 4.78 is 10.7. The monoisotopic (exact) mass is 366 g/mol. The lowest BCUT2D eigenvalue weighted by molar-refractivity contribution is 0.133. The summed E-state index contributed by atoms with van der Waals surface area (Å²) in [5.41, 5.74) is 1.67. The number of hydrogen-bond donors (Lipinski definition) is 1. The minimum atomic E-state index is -0.534. The average Bonchev–Trinajstić information content (AvgIpc) is 2.67. The summed E-state index contributed by atoms with van der Waals surface area (Å²) in [7, 11) is 1.58. The van der Waals surface area contributed by atoms with Gasteiger partial charge in [-0.15, -0.1) is 0 Å². The first kappa shape index (κ1) is 20.3. The molecule has 0 aromatic heterocycles. The number of ether oxygens (including phenoxy) is 2. The van der Waals surface area contributed by atoms with Crippen molar-refractivity contribution >= 4 is 6.09 Å². The fourth-order valence-electron chi connectivity index (χ4n) is 3.00. The summed E-state index contributed by atoms with van der Waals surface area (Å²) in [5.74, 6) is 0.403. The largest absolute Gasteiger partial charge is 0.496 e. The molecule has 142 valence electrons. The highest BCUT2D eigenvalue weighted by Gasteiger charge is 2.28. The van der Waals surface area contributed by atoms with Crippen LogP contribution in [-0.4, -0.2) is 19.2 Å². The van der Waals surface area contributed by atoms with Crippen LogP contribution in [0, 0.1) is 17.2 Å². The van der Waals surface area contributed by atoms with Gasteiger partial charge in [0.15, 0.2) is 0 Å². The van der Waals surface area contributed by atoms with E-state index in [4.69, 9.17) is 9.47 Å². The normalized spacial score (nSPS) is 12.7. The second-order valence-corrected chi connectivity index (χ2v) is 6.79. The molecule has 5 nitrogen and oxygen atoms in total. The fraction of sp³-hybridized carbons (Fsp3) is 0.364. The first-order chi connectivity index (χ1) is 13.0. The third-order valence-electron chi connectivity index (χ3n) is 4.26. The van der Waals surface area contributed by atoms with Gasteiger partial charge in [-0.3, -0.25) is 0 Å². The Labute approximate surface area is 160 Å². The number of rotatable bonds is 8. The lowest BCUT2D eigenvalue weighted by Gasteiger charge is -2.26. The van der Waals surface area contributed by atoms with Gasteiger partial charge >= 0.3 is 6.09 Å². The van der Waals surface area contributed by atoms with Crippen molar-refractivity contribution in [3.63, 3.8) is 0 Å². The number of nitriles is 1. The van der Waals surface area contributed by atoms with Gasteiger partial charge in [0.25, 0.3) is 0 Å². The molecule has 2 aromatic rings. The zero-order chi connectivity index (χ0) is 19.6. The van der Waals surface area contributed by atoms with Crippen LogP contribution in [0.1, 0.15) is 37.3 Å². The fourth-order valence-corrected chi connectivity index (χ4v) is 3.00. The van der Waals surface area contributed by atoms with Crippen LogP contribution >= 0.6 is 0 Å². The van der Waals surface area contributed by atoms with Crippen molar-refractivity contribution in [2.75, 3.05) is 7.11 Å². The molecule has 27 heavy (non-hydrogen) atoms. The van der Waals surface area contributed by atoms with Crippen LogP contribution in [0.3, 0.4) is 0 Å². The quantitative estimate of drug-likeness (QED) is 0.738. The topological polar surface area (TPSA) is 71.3 Å². The van der Waals surface area contributed by atoms with Crippen molar-refractivity contribution in [2.24, 2.45) is 5.92 Å². The Morgan fingerprint density at radius 1 is 1.11 bits per heavy atom. The second kappa shape index (κ2) is 10.2. The van der Waals surface area contributed by atoms with E-state index >= 15 is 0 Å². The van der Waals surface area contributed by atoms with E-state index in [0.717, 1.165) is 11.1 Å². The zero-order valence-electron chi connectivity index (χ0n) is 16.0. The Kier molecular flexibility index (Phi) is 7.69. The summed E-state index contributed by atoms with van der Waals surface area (Å²) in [6.07, 6.45) is 0.121. The molecular formula is C22H26N2O3. The van der Waals surface area contributed by atoms with Crippen molar-refractivity contribution in [3.05, 3.63) is 65.7 Å². The van der Waals surface area contributed by atoms with E-state index in [1.165, 1.54) is 0 Å². The molecular weight excluding hydrogens is 340 g/mol. The minimum absolute atomic E-state index is 0.187. The highest BCUT2D eigenvalue weighted by molar-refractivity contribution is 5.68. The van der Waals surface area contributed by atoms with Crippen LogP contribution in [0.4, 0.5) is 4.79 Å². The Morgan fingerprint density at radius 3 is 2.41 bits per heavy atom. The lowest BCUT2D eigenvalue weighted by atomic mass is 9.87. The van der Waals surface area contributed by atoms with Gasteiger partial charge in [-0.25, -0.2) is 4.79 Å². The van der Waals surface area contributed by atoms with E-state index in [1.54, 1.807) is 7.11 Å². The third kappa shape index (κ3) is 6.03. The molecule has 0 saturated heterocycles. The van der Waals surface area contributed by atoms with E-state index < -0.39 is 12.0 Å². The van der Waals surface area contributed by atoms with Crippen LogP contribution in [0.5, 0.6) is 5.75 Å². The Balaban J connectivity index is 2.13. The summed E-state index contributed by atoms with van der Waals surface area (Å²) >= 11 is 0. The standard InChI is InChI=1S/C22H26N2O3/c1-16(2)13-20(19(14-23)18-11-7-8-12-21(18)26-3)24-22(25)27-15-17-9-5-4-6-10-17/h4-12,16,19-20H,13,15H2,1-3H3,(H,24,25)/t19-,20+/m0/s1. The van der Waals surface area contributed by atoms with E-state index in [-0.39, 0.29) is 12.6 Å². The minimum Gasteiger partial charge on any atom is -0.496 e. The molecule has 0 aliphatic carbocycles. The molecule has 0 fully saturated rings. The molecule has 2 rings (SSSR count). The summed E-state index contributed by atoms with van der Waals surface area (Å²) in [6.45, 7) is 4.30. The molecule has 1 amide bonds. The van der Waals surface area contributed by atoms with Crippen molar-refractivity contribution in [3.8, 4) is 11.8 Å². The van der Waals surface area contributed by atoms with Crippen molar-refractivity contribution in [1.82, 2.24) is 5.32 Å². The van der Waals surface area contributed by atoms with Gasteiger partial charge in [-0.05, 0) is 24.0 Å². The summed E-state index contributed by atoms with van der Waals surface area (Å²) in [6, 6.07) is 18.8. The third-order valence-corrected chi connectivity index (χ3v) is 4.26. The van der Waals surface area contributed by atoms with Crippen LogP contribution in [-0.2, 0) is 11.3 Å². The van der Waals surface area contributed by atoms with Crippen LogP contribution < -0.4 is 10.1 Å². The Bertz CT molecular complexity index is 769. The maximum atomic E-state index is 12.3. The van der Waals surface area contributed by atoms with Gasteiger partial charge in [0, 0.05) is 5.56 Å². The number of nitrogens with one attached hydrogen (secondary N) is 1. The average molecular weight is 366 g/mol. The predicted octanol–water partition coefficient (Wildman–Crippen LogP) is 4.64. The predicted molar refractivity (Wildman–Crippen MR) is 104 cm³/mol. The molecule has 5 heteroatoms. The first-order valence-corrected chi connectivity index (χ1v) is 9.05. The number of hydrogen-bond acceptors (Lipinski definition) is 4. The Hall–Kier alpha value is -3.00.